The van der Waals surface area contributed by atoms with Crippen LogP contribution in [0.2, 0.25) is 5.02 Å². The summed E-state index contributed by atoms with van der Waals surface area (Å²) in [5, 5.41) is 9.54. The number of aromatic nitrogens is 1. The van der Waals surface area contributed by atoms with Crippen LogP contribution in [-0.4, -0.2) is 42.6 Å². The average Bonchev–Trinajstić information content (AvgIpc) is 2.29. The van der Waals surface area contributed by atoms with Crippen LogP contribution >= 0.6 is 11.6 Å². The van der Waals surface area contributed by atoms with Gasteiger partial charge in [-0.25, -0.2) is 13.4 Å². The number of rotatable bonds is 2. The van der Waals surface area contributed by atoms with E-state index in [1.54, 1.807) is 12.1 Å². The topological polar surface area (TPSA) is 70.5 Å². The maximum atomic E-state index is 11.5. The molecule has 0 bridgehead atoms. The van der Waals surface area contributed by atoms with Crippen LogP contribution in [0.15, 0.2) is 12.1 Å². The molecular formula is C11H15ClN2O3S. The van der Waals surface area contributed by atoms with Gasteiger partial charge >= 0.3 is 0 Å². The van der Waals surface area contributed by atoms with E-state index in [1.807, 2.05) is 11.8 Å². The molecule has 1 aromatic heterocycles. The molecule has 5 nitrogen and oxygen atoms in total. The van der Waals surface area contributed by atoms with Crippen LogP contribution in [0, 0.1) is 0 Å². The molecule has 1 saturated heterocycles. The highest BCUT2D eigenvalue weighted by molar-refractivity contribution is 7.91. The van der Waals surface area contributed by atoms with Gasteiger partial charge in [0.2, 0.25) is 0 Å². The summed E-state index contributed by atoms with van der Waals surface area (Å²) >= 11 is 5.88. The number of hydrogen-bond acceptors (Lipinski definition) is 5. The third kappa shape index (κ3) is 2.76. The second-order valence-electron chi connectivity index (χ2n) is 4.41. The summed E-state index contributed by atoms with van der Waals surface area (Å²) in [6.45, 7) is 2.04. The molecule has 1 aromatic rings. The van der Waals surface area contributed by atoms with E-state index in [4.69, 9.17) is 16.7 Å². The smallest absolute Gasteiger partial charge is 0.154 e. The van der Waals surface area contributed by atoms with Crippen LogP contribution in [0.3, 0.4) is 0 Å². The van der Waals surface area contributed by atoms with Crippen molar-refractivity contribution in [1.29, 1.82) is 0 Å². The Morgan fingerprint density at radius 2 is 2.28 bits per heavy atom. The van der Waals surface area contributed by atoms with Crippen LogP contribution in [0.5, 0.6) is 0 Å². The Hall–Kier alpha value is -0.850. The number of sulfone groups is 1. The van der Waals surface area contributed by atoms with Gasteiger partial charge in [0.05, 0.1) is 28.8 Å². The summed E-state index contributed by atoms with van der Waals surface area (Å²) in [6.07, 6.45) is 0. The minimum atomic E-state index is -2.94. The molecule has 7 heteroatoms. The maximum Gasteiger partial charge on any atom is 0.154 e. The molecule has 0 aromatic carbocycles. The van der Waals surface area contributed by atoms with Crippen LogP contribution < -0.4 is 4.90 Å². The van der Waals surface area contributed by atoms with Crippen LogP contribution in [0.1, 0.15) is 12.6 Å². The van der Waals surface area contributed by atoms with Gasteiger partial charge in [0.25, 0.3) is 0 Å². The van der Waals surface area contributed by atoms with Gasteiger partial charge in [-0.05, 0) is 19.1 Å². The quantitative estimate of drug-likeness (QED) is 0.874. The molecule has 1 unspecified atom stereocenters. The molecule has 1 aliphatic heterocycles. The van der Waals surface area contributed by atoms with E-state index < -0.39 is 9.84 Å². The van der Waals surface area contributed by atoms with Crippen LogP contribution in [-0.2, 0) is 16.4 Å². The van der Waals surface area contributed by atoms with E-state index in [0.29, 0.717) is 23.1 Å². The Kier molecular flexibility index (Phi) is 3.79. The number of halogens is 1. The van der Waals surface area contributed by atoms with E-state index in [2.05, 4.69) is 4.98 Å². The second kappa shape index (κ2) is 5.03. The first-order chi connectivity index (χ1) is 8.43. The zero-order valence-corrected chi connectivity index (χ0v) is 11.6. The zero-order valence-electron chi connectivity index (χ0n) is 10.0. The molecule has 1 fully saturated rings. The molecule has 2 rings (SSSR count). The Balaban J connectivity index is 2.27. The molecule has 0 radical (unpaired) electrons. The molecule has 18 heavy (non-hydrogen) atoms. The fourth-order valence-electron chi connectivity index (χ4n) is 2.08. The third-order valence-corrected chi connectivity index (χ3v) is 5.16. The first-order valence-corrected chi connectivity index (χ1v) is 7.86. The lowest BCUT2D eigenvalue weighted by Crippen LogP contribution is -2.47. The molecule has 0 aliphatic carbocycles. The number of anilines is 1. The van der Waals surface area contributed by atoms with Crippen molar-refractivity contribution in [3.05, 3.63) is 22.8 Å². The van der Waals surface area contributed by atoms with Crippen molar-refractivity contribution >= 4 is 27.3 Å². The Bertz CT molecular complexity index is 547. The first-order valence-electron chi connectivity index (χ1n) is 5.66. The van der Waals surface area contributed by atoms with Gasteiger partial charge in [0.15, 0.2) is 9.84 Å². The van der Waals surface area contributed by atoms with Crippen molar-refractivity contribution in [3.63, 3.8) is 0 Å². The summed E-state index contributed by atoms with van der Waals surface area (Å²) < 4.78 is 23.0. The minimum absolute atomic E-state index is 0.121. The fraction of sp³-hybridized carbons (Fsp3) is 0.545. The van der Waals surface area contributed by atoms with Gasteiger partial charge in [-0.1, -0.05) is 11.6 Å². The summed E-state index contributed by atoms with van der Waals surface area (Å²) in [5.41, 5.74) is 0.412. The highest BCUT2D eigenvalue weighted by Gasteiger charge is 2.29. The maximum absolute atomic E-state index is 11.5. The molecule has 1 aliphatic rings. The van der Waals surface area contributed by atoms with Crippen LogP contribution in [0.4, 0.5) is 5.82 Å². The number of aliphatic hydroxyl groups excluding tert-OH is 1. The number of nitrogens with zero attached hydrogens (tertiary/aromatic N) is 2. The second-order valence-corrected chi connectivity index (χ2v) is 7.05. The molecule has 1 N–H and O–H groups in total. The van der Waals surface area contributed by atoms with Gasteiger partial charge in [-0.3, -0.25) is 0 Å². The van der Waals surface area contributed by atoms with Gasteiger partial charge in [0, 0.05) is 12.6 Å². The lowest BCUT2D eigenvalue weighted by atomic mass is 10.2. The fourth-order valence-corrected chi connectivity index (χ4v) is 3.80. The minimum Gasteiger partial charge on any atom is -0.390 e. The van der Waals surface area contributed by atoms with Crippen molar-refractivity contribution in [3.8, 4) is 0 Å². The first kappa shape index (κ1) is 13.6. The van der Waals surface area contributed by atoms with E-state index in [-0.39, 0.29) is 24.2 Å². The predicted octanol–water partition coefficient (Wildman–Crippen LogP) is 0.851. The van der Waals surface area contributed by atoms with Gasteiger partial charge < -0.3 is 10.0 Å². The van der Waals surface area contributed by atoms with E-state index in [9.17, 15) is 8.42 Å². The van der Waals surface area contributed by atoms with E-state index in [1.165, 1.54) is 0 Å². The highest BCUT2D eigenvalue weighted by Crippen LogP contribution is 2.23. The SMILES string of the molecule is CC1CS(=O)(=O)CCN1c1ccc(Cl)c(CO)n1. The van der Waals surface area contributed by atoms with E-state index in [0.717, 1.165) is 0 Å². The number of hydrogen-bond donors (Lipinski definition) is 1. The molecule has 2 heterocycles. The normalized spacial score (nSPS) is 23.1. The molecular weight excluding hydrogens is 276 g/mol. The summed E-state index contributed by atoms with van der Waals surface area (Å²) in [7, 11) is -2.94. The van der Waals surface area contributed by atoms with Crippen molar-refractivity contribution in [2.75, 3.05) is 23.0 Å². The van der Waals surface area contributed by atoms with Crippen molar-refractivity contribution in [2.45, 2.75) is 19.6 Å². The van der Waals surface area contributed by atoms with Crippen molar-refractivity contribution in [2.24, 2.45) is 0 Å². The Morgan fingerprint density at radius 1 is 1.56 bits per heavy atom. The third-order valence-electron chi connectivity index (χ3n) is 3.02. The number of aliphatic hydroxyl groups is 1. The summed E-state index contributed by atoms with van der Waals surface area (Å²) in [6, 6.07) is 3.30. The summed E-state index contributed by atoms with van der Waals surface area (Å²) in [4.78, 5) is 6.19. The molecule has 1 atom stereocenters. The average molecular weight is 291 g/mol. The largest absolute Gasteiger partial charge is 0.390 e. The Morgan fingerprint density at radius 3 is 2.89 bits per heavy atom. The molecule has 0 spiro atoms. The van der Waals surface area contributed by atoms with Gasteiger partial charge in [0.1, 0.15) is 5.82 Å². The summed E-state index contributed by atoms with van der Waals surface area (Å²) in [5.74, 6) is 0.924. The van der Waals surface area contributed by atoms with Gasteiger partial charge in [-0.2, -0.15) is 0 Å². The van der Waals surface area contributed by atoms with Crippen LogP contribution in [0.25, 0.3) is 0 Å². The lowest BCUT2D eigenvalue weighted by molar-refractivity contribution is 0.277. The Labute approximate surface area is 111 Å². The van der Waals surface area contributed by atoms with Gasteiger partial charge in [-0.15, -0.1) is 0 Å². The number of pyridine rings is 1. The highest BCUT2D eigenvalue weighted by atomic mass is 35.5. The van der Waals surface area contributed by atoms with Crippen molar-refractivity contribution < 1.29 is 13.5 Å². The van der Waals surface area contributed by atoms with E-state index >= 15 is 0 Å². The zero-order chi connectivity index (χ0) is 13.3. The molecule has 0 amide bonds. The molecule has 100 valence electrons. The molecule has 0 saturated carbocycles. The monoisotopic (exact) mass is 290 g/mol. The lowest BCUT2D eigenvalue weighted by Gasteiger charge is -2.34. The van der Waals surface area contributed by atoms with Crippen molar-refractivity contribution in [1.82, 2.24) is 4.98 Å². The standard InChI is InChI=1S/C11H15ClN2O3S/c1-8-7-18(16,17)5-4-14(8)11-3-2-9(12)10(6-15)13-11/h2-3,8,15H,4-7H2,1H3. The predicted molar refractivity (Wildman–Crippen MR) is 70.6 cm³/mol.